The first-order chi connectivity index (χ1) is 15.3. The van der Waals surface area contributed by atoms with Gasteiger partial charge in [-0.1, -0.05) is 54.5 Å². The molecule has 0 aliphatic heterocycles. The molecule has 0 aliphatic rings. The summed E-state index contributed by atoms with van der Waals surface area (Å²) in [4.78, 5) is 15.9. The summed E-state index contributed by atoms with van der Waals surface area (Å²) in [6.07, 6.45) is 2.41. The molecule has 0 fully saturated rings. The molecule has 0 bridgehead atoms. The lowest BCUT2D eigenvalue weighted by Gasteiger charge is -2.11. The zero-order valence-corrected chi connectivity index (χ0v) is 18.9. The summed E-state index contributed by atoms with van der Waals surface area (Å²) in [5.41, 5.74) is 7.22. The molecule has 1 aromatic heterocycles. The number of aromatic nitrogens is 2. The highest BCUT2D eigenvalue weighted by Crippen LogP contribution is 2.25. The van der Waals surface area contributed by atoms with Gasteiger partial charge in [0.05, 0.1) is 0 Å². The Hall–Kier alpha value is -3.20. The van der Waals surface area contributed by atoms with Crippen molar-refractivity contribution < 1.29 is 22.5 Å². The van der Waals surface area contributed by atoms with Gasteiger partial charge in [0.15, 0.2) is 22.3 Å². The number of carbonyl (C=O) groups excluding carboxylic acids is 1. The summed E-state index contributed by atoms with van der Waals surface area (Å²) in [5, 5.41) is 2.92. The molecule has 0 saturated carbocycles. The summed E-state index contributed by atoms with van der Waals surface area (Å²) < 4.78 is 34.4. The minimum Gasteiger partial charge on any atom is -0.484 e. The molecule has 2 N–H and O–H groups in total. The summed E-state index contributed by atoms with van der Waals surface area (Å²) >= 11 is 0. The topological polar surface area (TPSA) is 125 Å². The van der Waals surface area contributed by atoms with Crippen LogP contribution < -0.4 is 10.5 Å². The highest BCUT2D eigenvalue weighted by atomic mass is 32.2. The van der Waals surface area contributed by atoms with Gasteiger partial charge in [-0.2, -0.15) is 4.98 Å². The standard InChI is InChI=1S/C23H27N3O5S/c1-3-19(17-7-5-4-6-8-17)23-25-21(31-26-23)15-30-18-12-9-16(10-13-18)11-14-20(22(24)27)32(2,28)29/h4-10,12-13,19-20H,3,11,14-15H2,1-2H3,(H2,24,27). The minimum atomic E-state index is -3.53. The van der Waals surface area contributed by atoms with Crippen LogP contribution >= 0.6 is 0 Å². The monoisotopic (exact) mass is 457 g/mol. The number of benzene rings is 2. The van der Waals surface area contributed by atoms with E-state index in [-0.39, 0.29) is 18.9 Å². The molecule has 8 nitrogen and oxygen atoms in total. The Morgan fingerprint density at radius 1 is 1.12 bits per heavy atom. The minimum absolute atomic E-state index is 0.0594. The summed E-state index contributed by atoms with van der Waals surface area (Å²) in [6.45, 7) is 2.21. The van der Waals surface area contributed by atoms with Crippen LogP contribution in [0.25, 0.3) is 0 Å². The van der Waals surface area contributed by atoms with E-state index in [9.17, 15) is 13.2 Å². The van der Waals surface area contributed by atoms with Crippen molar-refractivity contribution in [3.05, 3.63) is 77.4 Å². The van der Waals surface area contributed by atoms with Crippen molar-refractivity contribution in [2.45, 2.75) is 44.0 Å². The number of amides is 1. The number of nitrogens with two attached hydrogens (primary N) is 1. The van der Waals surface area contributed by atoms with E-state index < -0.39 is 21.0 Å². The summed E-state index contributed by atoms with van der Waals surface area (Å²) in [5.74, 6) is 0.852. The molecular formula is C23H27N3O5S. The number of carbonyl (C=O) groups is 1. The lowest BCUT2D eigenvalue weighted by molar-refractivity contribution is -0.117. The number of nitrogens with zero attached hydrogens (tertiary/aromatic N) is 2. The van der Waals surface area contributed by atoms with E-state index in [0.717, 1.165) is 23.8 Å². The van der Waals surface area contributed by atoms with Crippen molar-refractivity contribution in [2.24, 2.45) is 5.73 Å². The number of hydrogen-bond acceptors (Lipinski definition) is 7. The second-order valence-electron chi connectivity index (χ2n) is 7.61. The van der Waals surface area contributed by atoms with E-state index >= 15 is 0 Å². The van der Waals surface area contributed by atoms with Gasteiger partial charge in [0.25, 0.3) is 5.89 Å². The van der Waals surface area contributed by atoms with Crippen LogP contribution in [0, 0.1) is 0 Å². The fourth-order valence-electron chi connectivity index (χ4n) is 3.48. The maximum atomic E-state index is 11.7. The van der Waals surface area contributed by atoms with Gasteiger partial charge >= 0.3 is 0 Å². The molecular weight excluding hydrogens is 430 g/mol. The first kappa shape index (κ1) is 23.5. The molecule has 9 heteroatoms. The van der Waals surface area contributed by atoms with E-state index in [0.29, 0.717) is 23.9 Å². The molecule has 0 radical (unpaired) electrons. The first-order valence-electron chi connectivity index (χ1n) is 10.3. The first-order valence-corrected chi connectivity index (χ1v) is 12.3. The second-order valence-corrected chi connectivity index (χ2v) is 9.84. The van der Waals surface area contributed by atoms with E-state index in [1.807, 2.05) is 42.5 Å². The van der Waals surface area contributed by atoms with Crippen LogP contribution in [0.1, 0.15) is 48.5 Å². The van der Waals surface area contributed by atoms with Gasteiger partial charge < -0.3 is 15.0 Å². The zero-order chi connectivity index (χ0) is 23.1. The molecule has 2 unspecified atom stereocenters. The highest BCUT2D eigenvalue weighted by Gasteiger charge is 2.26. The Kier molecular flexibility index (Phi) is 7.63. The van der Waals surface area contributed by atoms with Gasteiger partial charge in [-0.3, -0.25) is 4.79 Å². The second kappa shape index (κ2) is 10.4. The third-order valence-corrected chi connectivity index (χ3v) is 6.72. The van der Waals surface area contributed by atoms with Crippen LogP contribution in [0.3, 0.4) is 0 Å². The molecule has 170 valence electrons. The van der Waals surface area contributed by atoms with Crippen molar-refractivity contribution >= 4 is 15.7 Å². The van der Waals surface area contributed by atoms with E-state index in [2.05, 4.69) is 17.1 Å². The smallest absolute Gasteiger partial charge is 0.264 e. The van der Waals surface area contributed by atoms with Crippen LogP contribution in [0.2, 0.25) is 0 Å². The fourth-order valence-corrected chi connectivity index (χ4v) is 4.45. The van der Waals surface area contributed by atoms with Crippen LogP contribution in [0.4, 0.5) is 0 Å². The lowest BCUT2D eigenvalue weighted by Crippen LogP contribution is -2.35. The van der Waals surface area contributed by atoms with Crippen molar-refractivity contribution in [1.82, 2.24) is 10.1 Å². The van der Waals surface area contributed by atoms with E-state index in [1.165, 1.54) is 0 Å². The Labute approximate surface area is 187 Å². The average molecular weight is 458 g/mol. The number of primary amides is 1. The molecule has 0 spiro atoms. The molecule has 3 rings (SSSR count). The summed E-state index contributed by atoms with van der Waals surface area (Å²) in [7, 11) is -3.53. The highest BCUT2D eigenvalue weighted by molar-refractivity contribution is 7.92. The Morgan fingerprint density at radius 3 is 2.41 bits per heavy atom. The van der Waals surface area contributed by atoms with Gasteiger partial charge in [0, 0.05) is 12.2 Å². The molecule has 1 amide bonds. The van der Waals surface area contributed by atoms with E-state index in [1.54, 1.807) is 12.1 Å². The van der Waals surface area contributed by atoms with Gasteiger partial charge in [-0.05, 0) is 42.5 Å². The quantitative estimate of drug-likeness (QED) is 0.469. The van der Waals surface area contributed by atoms with Crippen molar-refractivity contribution in [3.63, 3.8) is 0 Å². The Bertz CT molecular complexity index is 1130. The van der Waals surface area contributed by atoms with Crippen LogP contribution in [0.5, 0.6) is 5.75 Å². The van der Waals surface area contributed by atoms with E-state index in [4.69, 9.17) is 15.0 Å². The van der Waals surface area contributed by atoms with Gasteiger partial charge in [-0.25, -0.2) is 8.42 Å². The van der Waals surface area contributed by atoms with Gasteiger partial charge in [-0.15, -0.1) is 0 Å². The number of aryl methyl sites for hydroxylation is 1. The van der Waals surface area contributed by atoms with Crippen LogP contribution in [-0.4, -0.2) is 36.0 Å². The van der Waals surface area contributed by atoms with Crippen LogP contribution in [-0.2, 0) is 27.7 Å². The summed E-state index contributed by atoms with van der Waals surface area (Å²) in [6, 6.07) is 17.2. The Morgan fingerprint density at radius 2 is 1.81 bits per heavy atom. The number of rotatable bonds is 11. The zero-order valence-electron chi connectivity index (χ0n) is 18.1. The molecule has 32 heavy (non-hydrogen) atoms. The third-order valence-electron chi connectivity index (χ3n) is 5.22. The van der Waals surface area contributed by atoms with Crippen molar-refractivity contribution in [3.8, 4) is 5.75 Å². The van der Waals surface area contributed by atoms with Gasteiger partial charge in [0.2, 0.25) is 5.91 Å². The predicted octanol–water partition coefficient (Wildman–Crippen LogP) is 3.02. The van der Waals surface area contributed by atoms with Crippen LogP contribution in [0.15, 0.2) is 59.1 Å². The number of sulfone groups is 1. The molecule has 0 saturated heterocycles. The number of ether oxygens (including phenoxy) is 1. The Balaban J connectivity index is 1.56. The fraction of sp³-hybridized carbons (Fsp3) is 0.348. The predicted molar refractivity (Wildman–Crippen MR) is 120 cm³/mol. The normalized spacial score (nSPS) is 13.4. The van der Waals surface area contributed by atoms with Crippen molar-refractivity contribution in [1.29, 1.82) is 0 Å². The van der Waals surface area contributed by atoms with Crippen molar-refractivity contribution in [2.75, 3.05) is 6.26 Å². The SMILES string of the molecule is CCC(c1ccccc1)c1noc(COc2ccc(CCC(C(N)=O)S(C)(=O)=O)cc2)n1. The average Bonchev–Trinajstić information content (AvgIpc) is 3.22. The maximum absolute atomic E-state index is 11.7. The number of hydrogen-bond donors (Lipinski definition) is 1. The molecule has 2 aromatic carbocycles. The molecule has 0 aliphatic carbocycles. The third kappa shape index (κ3) is 6.16. The lowest BCUT2D eigenvalue weighted by atomic mass is 9.96. The molecule has 2 atom stereocenters. The molecule has 1 heterocycles. The van der Waals surface area contributed by atoms with Gasteiger partial charge in [0.1, 0.15) is 11.0 Å². The molecule has 3 aromatic rings. The largest absolute Gasteiger partial charge is 0.484 e. The maximum Gasteiger partial charge on any atom is 0.264 e.